The molecular weight excluding hydrogens is 506 g/mol. The summed E-state index contributed by atoms with van der Waals surface area (Å²) in [4.78, 5) is 61.1. The summed E-state index contributed by atoms with van der Waals surface area (Å²) < 4.78 is 0. The van der Waals surface area contributed by atoms with Crippen LogP contribution in [-0.2, 0) is 19.2 Å². The van der Waals surface area contributed by atoms with Gasteiger partial charge in [-0.1, -0.05) is 65.8 Å². The minimum Gasteiger partial charge on any atom is -0.481 e. The molecule has 2 aliphatic rings. The number of Topliss-reactive ketones (excluding diaryl/α,β-unsaturated/α-hetero) is 2. The Morgan fingerprint density at radius 2 is 1.12 bits per heavy atom. The molecule has 0 aromatic rings. The Hall–Kier alpha value is -2.96. The maximum atomic E-state index is 13.4. The van der Waals surface area contributed by atoms with E-state index in [2.05, 4.69) is 5.18 Å². The Balaban J connectivity index is 2.08. The number of carbonyl (C=O) groups excluding carboxylic acids is 3. The molecule has 0 aliphatic heterocycles. The minimum absolute atomic E-state index is 0.0151. The highest BCUT2D eigenvalue weighted by atomic mass is 16.4. The number of carbonyl (C=O) groups is 4. The Bertz CT molecular complexity index is 1180. The number of carboxylic acid groups (broad SMARTS) is 1. The molecule has 0 heterocycles. The molecule has 1 amide bonds. The molecule has 1 N–H and O–H groups in total. The standard InChI is InChI=1S/C33H47NO6/c1-9-33(8,28(37)34-40)17-11-13-23-19-31(4,5)21-25(27(23)36)15-14-24-20-30(2,3)18-22(26(24)35)12-10-16-32(6,7)29(38)39/h18-21H,9-17H2,1-8H3,(H,38,39). The van der Waals surface area contributed by atoms with Crippen molar-refractivity contribution in [1.29, 1.82) is 0 Å². The normalized spacial score (nSPS) is 20.1. The van der Waals surface area contributed by atoms with Gasteiger partial charge in [0.15, 0.2) is 11.6 Å². The van der Waals surface area contributed by atoms with Crippen LogP contribution in [0.25, 0.3) is 0 Å². The molecule has 0 spiro atoms. The van der Waals surface area contributed by atoms with E-state index in [-0.39, 0.29) is 22.4 Å². The lowest BCUT2D eigenvalue weighted by Crippen LogP contribution is -2.26. The molecule has 1 atom stereocenters. The van der Waals surface area contributed by atoms with E-state index in [1.807, 2.05) is 58.9 Å². The van der Waals surface area contributed by atoms with Crippen LogP contribution in [0.5, 0.6) is 0 Å². The highest BCUT2D eigenvalue weighted by Crippen LogP contribution is 2.38. The van der Waals surface area contributed by atoms with E-state index in [1.54, 1.807) is 20.8 Å². The first-order chi connectivity index (χ1) is 18.4. The Morgan fingerprint density at radius 3 is 1.48 bits per heavy atom. The first-order valence-corrected chi connectivity index (χ1v) is 14.4. The van der Waals surface area contributed by atoms with Crippen LogP contribution >= 0.6 is 0 Å². The van der Waals surface area contributed by atoms with E-state index >= 15 is 0 Å². The molecule has 2 rings (SSSR count). The maximum absolute atomic E-state index is 13.4. The smallest absolute Gasteiger partial charge is 0.309 e. The largest absolute Gasteiger partial charge is 0.481 e. The van der Waals surface area contributed by atoms with Crippen LogP contribution in [0, 0.1) is 26.6 Å². The average Bonchev–Trinajstić information content (AvgIpc) is 2.85. The fourth-order valence-electron chi connectivity index (χ4n) is 5.61. The number of hydrogen-bond donors (Lipinski definition) is 1. The van der Waals surface area contributed by atoms with Crippen molar-refractivity contribution >= 4 is 23.4 Å². The van der Waals surface area contributed by atoms with Gasteiger partial charge in [0, 0.05) is 16.0 Å². The summed E-state index contributed by atoms with van der Waals surface area (Å²) in [5.74, 6) is -1.52. The number of hydrogen-bond acceptors (Lipinski definition) is 5. The van der Waals surface area contributed by atoms with Gasteiger partial charge >= 0.3 is 5.97 Å². The summed E-state index contributed by atoms with van der Waals surface area (Å²) in [6.07, 6.45) is 12.5. The van der Waals surface area contributed by atoms with E-state index in [0.717, 1.165) is 0 Å². The summed E-state index contributed by atoms with van der Waals surface area (Å²) in [6.45, 7) is 15.2. The molecule has 0 saturated heterocycles. The molecule has 0 bridgehead atoms. The zero-order chi connectivity index (χ0) is 30.5. The van der Waals surface area contributed by atoms with E-state index < -0.39 is 22.7 Å². The molecular formula is C33H47NO6. The Labute approximate surface area is 239 Å². The van der Waals surface area contributed by atoms with Crippen molar-refractivity contribution in [3.63, 3.8) is 0 Å². The summed E-state index contributed by atoms with van der Waals surface area (Å²) in [5.41, 5.74) is 0.524. The van der Waals surface area contributed by atoms with Crippen LogP contribution in [0.1, 0.15) is 113 Å². The van der Waals surface area contributed by atoms with Gasteiger partial charge in [-0.15, -0.1) is 4.91 Å². The molecule has 2 aliphatic carbocycles. The van der Waals surface area contributed by atoms with Gasteiger partial charge in [-0.2, -0.15) is 0 Å². The van der Waals surface area contributed by atoms with E-state index in [9.17, 15) is 29.2 Å². The van der Waals surface area contributed by atoms with Gasteiger partial charge in [-0.3, -0.25) is 19.2 Å². The van der Waals surface area contributed by atoms with Gasteiger partial charge in [0.2, 0.25) is 0 Å². The summed E-state index contributed by atoms with van der Waals surface area (Å²) in [6, 6.07) is 0. The number of carboxylic acids is 1. The highest BCUT2D eigenvalue weighted by molar-refractivity contribution is 6.11. The number of rotatable bonds is 14. The molecule has 220 valence electrons. The first-order valence-electron chi connectivity index (χ1n) is 14.4. The van der Waals surface area contributed by atoms with Crippen molar-refractivity contribution in [3.05, 3.63) is 51.5 Å². The highest BCUT2D eigenvalue weighted by Gasteiger charge is 2.34. The maximum Gasteiger partial charge on any atom is 0.309 e. The molecule has 7 heteroatoms. The molecule has 0 fully saturated rings. The first kappa shape index (κ1) is 33.2. The molecule has 40 heavy (non-hydrogen) atoms. The van der Waals surface area contributed by atoms with Gasteiger partial charge in [0.1, 0.15) is 0 Å². The molecule has 7 nitrogen and oxygen atoms in total. The fraction of sp³-hybridized carbons (Fsp3) is 0.636. The number of amides is 1. The fourth-order valence-corrected chi connectivity index (χ4v) is 5.61. The van der Waals surface area contributed by atoms with Crippen LogP contribution < -0.4 is 0 Å². The topological polar surface area (TPSA) is 118 Å². The molecule has 0 saturated carbocycles. The second kappa shape index (κ2) is 12.7. The van der Waals surface area contributed by atoms with E-state index in [4.69, 9.17) is 0 Å². The Morgan fingerprint density at radius 1 is 0.750 bits per heavy atom. The van der Waals surface area contributed by atoms with Crippen LogP contribution in [0.15, 0.2) is 51.8 Å². The average molecular weight is 554 g/mol. The van der Waals surface area contributed by atoms with Gasteiger partial charge in [-0.25, -0.2) is 0 Å². The molecule has 0 aromatic heterocycles. The third-order valence-electron chi connectivity index (χ3n) is 8.40. The second-order valence-corrected chi connectivity index (χ2v) is 13.7. The zero-order valence-corrected chi connectivity index (χ0v) is 25.6. The van der Waals surface area contributed by atoms with Crippen LogP contribution in [0.2, 0.25) is 0 Å². The monoisotopic (exact) mass is 553 g/mol. The van der Waals surface area contributed by atoms with Crippen molar-refractivity contribution in [3.8, 4) is 0 Å². The third-order valence-corrected chi connectivity index (χ3v) is 8.40. The zero-order valence-electron chi connectivity index (χ0n) is 25.6. The lowest BCUT2D eigenvalue weighted by atomic mass is 9.75. The van der Waals surface area contributed by atoms with Gasteiger partial charge in [-0.05, 0) is 93.9 Å². The Kier molecular flexibility index (Phi) is 10.6. The van der Waals surface area contributed by atoms with Gasteiger partial charge in [0.05, 0.1) is 10.8 Å². The lowest BCUT2D eigenvalue weighted by Gasteiger charge is -2.28. The van der Waals surface area contributed by atoms with Crippen molar-refractivity contribution in [1.82, 2.24) is 0 Å². The number of aliphatic carboxylic acids is 1. The van der Waals surface area contributed by atoms with Crippen LogP contribution in [-0.4, -0.2) is 28.5 Å². The molecule has 1 unspecified atom stereocenters. The number of nitroso groups, excluding NO2 is 1. The summed E-state index contributed by atoms with van der Waals surface area (Å²) in [5, 5.41) is 12.0. The van der Waals surface area contributed by atoms with Crippen molar-refractivity contribution < 1.29 is 24.3 Å². The number of ketones is 2. The minimum atomic E-state index is -0.843. The third kappa shape index (κ3) is 8.52. The molecule has 0 aromatic carbocycles. The summed E-state index contributed by atoms with van der Waals surface area (Å²) >= 11 is 0. The van der Waals surface area contributed by atoms with Gasteiger partial charge in [0.25, 0.3) is 5.91 Å². The number of allylic oxidation sites excluding steroid dienone is 8. The van der Waals surface area contributed by atoms with E-state index in [1.165, 1.54) is 0 Å². The van der Waals surface area contributed by atoms with Gasteiger partial charge < -0.3 is 5.11 Å². The van der Waals surface area contributed by atoms with Crippen molar-refractivity contribution in [2.45, 2.75) is 113 Å². The molecule has 0 radical (unpaired) electrons. The van der Waals surface area contributed by atoms with Crippen molar-refractivity contribution in [2.24, 2.45) is 26.8 Å². The predicted molar refractivity (Wildman–Crippen MR) is 157 cm³/mol. The second-order valence-electron chi connectivity index (χ2n) is 13.7. The predicted octanol–water partition coefficient (Wildman–Crippen LogP) is 7.85. The lowest BCUT2D eigenvalue weighted by molar-refractivity contribution is -0.147. The quantitative estimate of drug-likeness (QED) is 0.219. The van der Waals surface area contributed by atoms with Crippen molar-refractivity contribution in [2.75, 3.05) is 0 Å². The van der Waals surface area contributed by atoms with E-state index in [0.29, 0.717) is 80.1 Å². The van der Waals surface area contributed by atoms with Crippen LogP contribution in [0.3, 0.4) is 0 Å². The summed E-state index contributed by atoms with van der Waals surface area (Å²) in [7, 11) is 0. The number of nitrogens with zero attached hydrogens (tertiary/aromatic N) is 1. The van der Waals surface area contributed by atoms with Crippen LogP contribution in [0.4, 0.5) is 0 Å². The SMILES string of the molecule is CCC(C)(CCCC1=CC(C)(C)C=C(CCC2=CC(C)(C)C=C(CCCC(C)(C)C(=O)O)C2=O)C1=O)C(=O)N=O.